The van der Waals surface area contributed by atoms with Crippen LogP contribution in [0, 0.1) is 0 Å². The summed E-state index contributed by atoms with van der Waals surface area (Å²) < 4.78 is 2.20. The lowest BCUT2D eigenvalue weighted by molar-refractivity contribution is -0.476. The summed E-state index contributed by atoms with van der Waals surface area (Å²) in [5.74, 6) is 1.27. The number of rotatable bonds is 4. The number of hydrogen-bond donors (Lipinski definition) is 0. The largest absolute Gasteiger partial charge is 0.350 e. The van der Waals surface area contributed by atoms with Crippen LogP contribution < -0.4 is 0 Å². The summed E-state index contributed by atoms with van der Waals surface area (Å²) in [5, 5.41) is 0. The lowest BCUT2D eigenvalue weighted by atomic mass is 10.1. The second kappa shape index (κ2) is 7.17. The molecule has 1 aromatic rings. The van der Waals surface area contributed by atoms with Crippen molar-refractivity contribution in [1.82, 2.24) is 9.80 Å². The smallest absolute Gasteiger partial charge is 0.270 e. The summed E-state index contributed by atoms with van der Waals surface area (Å²) in [6.45, 7) is 8.70. The number of hydrogen-bond acceptors (Lipinski definition) is 0. The van der Waals surface area contributed by atoms with Gasteiger partial charge in [0.15, 0.2) is 0 Å². The summed E-state index contributed by atoms with van der Waals surface area (Å²) in [5.41, 5.74) is 1.34. The molecule has 1 aromatic carbocycles. The molecular weight excluding hydrogens is 234 g/mol. The maximum Gasteiger partial charge on any atom is 0.350 e. The highest BCUT2D eigenvalue weighted by Gasteiger charge is 2.27. The van der Waals surface area contributed by atoms with Crippen LogP contribution in [0.2, 0.25) is 0 Å². The fourth-order valence-corrected chi connectivity index (χ4v) is 2.46. The van der Waals surface area contributed by atoms with Gasteiger partial charge in [-0.15, -0.1) is 0 Å². The van der Waals surface area contributed by atoms with Gasteiger partial charge in [0, 0.05) is 0 Å². The molecule has 0 N–H and O–H groups in total. The molecule has 0 fully saturated rings. The Morgan fingerprint density at radius 2 is 1.63 bits per heavy atom. The molecule has 19 heavy (non-hydrogen) atoms. The van der Waals surface area contributed by atoms with Gasteiger partial charge in [-0.2, -0.15) is 0 Å². The van der Waals surface area contributed by atoms with Gasteiger partial charge in [0.1, 0.15) is 0 Å². The minimum atomic E-state index is 0.360. The highest BCUT2D eigenvalue weighted by atomic mass is 15.4. The van der Waals surface area contributed by atoms with Gasteiger partial charge >= 0.3 is 5.96 Å². The molecule has 0 unspecified atom stereocenters. The monoisotopic (exact) mass is 262 g/mol. The standard InChI is InChI=1S/C16H28N3/c1-7-19(8-2)16(17(4)5)18(6)14(3)15-12-10-9-11-13-15/h9-14H,7-8H2,1-6H3/q+1/t14-/m0/s1. The van der Waals surface area contributed by atoms with E-state index in [9.17, 15) is 0 Å². The molecule has 0 saturated carbocycles. The van der Waals surface area contributed by atoms with E-state index in [4.69, 9.17) is 0 Å². The molecular formula is C16H28N3+. The van der Waals surface area contributed by atoms with Gasteiger partial charge in [0.05, 0.1) is 40.3 Å². The van der Waals surface area contributed by atoms with Gasteiger partial charge in [-0.3, -0.25) is 14.4 Å². The maximum absolute atomic E-state index is 2.39. The first-order valence-corrected chi connectivity index (χ1v) is 7.09. The Balaban J connectivity index is 3.02. The lowest BCUT2D eigenvalue weighted by Gasteiger charge is -2.29. The van der Waals surface area contributed by atoms with Gasteiger partial charge in [0.2, 0.25) is 0 Å². The zero-order valence-corrected chi connectivity index (χ0v) is 13.2. The van der Waals surface area contributed by atoms with Crippen molar-refractivity contribution in [3.05, 3.63) is 35.9 Å². The van der Waals surface area contributed by atoms with E-state index in [2.05, 4.69) is 86.6 Å². The third-order valence-electron chi connectivity index (χ3n) is 3.62. The van der Waals surface area contributed by atoms with Crippen LogP contribution in [0.3, 0.4) is 0 Å². The van der Waals surface area contributed by atoms with Crippen molar-refractivity contribution in [1.29, 1.82) is 0 Å². The van der Waals surface area contributed by atoms with Crippen LogP contribution in [-0.2, 0) is 0 Å². The topological polar surface area (TPSA) is 9.49 Å². The summed E-state index contributed by atoms with van der Waals surface area (Å²) >= 11 is 0. The van der Waals surface area contributed by atoms with Crippen molar-refractivity contribution in [2.75, 3.05) is 34.2 Å². The lowest BCUT2D eigenvalue weighted by Crippen LogP contribution is -2.47. The maximum atomic E-state index is 2.39. The van der Waals surface area contributed by atoms with E-state index in [1.165, 1.54) is 11.5 Å². The molecule has 0 radical (unpaired) electrons. The normalized spacial score (nSPS) is 11.9. The molecule has 3 nitrogen and oxygen atoms in total. The van der Waals surface area contributed by atoms with Crippen LogP contribution in [0.15, 0.2) is 30.3 Å². The molecule has 106 valence electrons. The highest BCUT2D eigenvalue weighted by molar-refractivity contribution is 5.75. The second-order valence-electron chi connectivity index (χ2n) is 5.06. The highest BCUT2D eigenvalue weighted by Crippen LogP contribution is 2.19. The summed E-state index contributed by atoms with van der Waals surface area (Å²) in [6, 6.07) is 11.0. The van der Waals surface area contributed by atoms with Crippen LogP contribution >= 0.6 is 0 Å². The van der Waals surface area contributed by atoms with Crippen LogP contribution in [0.5, 0.6) is 0 Å². The summed E-state index contributed by atoms with van der Waals surface area (Å²) in [7, 11) is 6.40. The van der Waals surface area contributed by atoms with Gasteiger partial charge in [0.25, 0.3) is 0 Å². The minimum absolute atomic E-state index is 0.360. The Morgan fingerprint density at radius 3 is 2.05 bits per heavy atom. The van der Waals surface area contributed by atoms with Crippen LogP contribution in [0.4, 0.5) is 0 Å². The Bertz CT molecular complexity index is 403. The fraction of sp³-hybridized carbons (Fsp3) is 0.562. The zero-order valence-electron chi connectivity index (χ0n) is 13.2. The molecule has 0 aromatic heterocycles. The number of benzene rings is 1. The van der Waals surface area contributed by atoms with E-state index in [0.29, 0.717) is 6.04 Å². The molecule has 1 rings (SSSR count). The molecule has 0 aliphatic heterocycles. The average Bonchev–Trinajstić information content (AvgIpc) is 2.43. The number of nitrogens with zero attached hydrogens (tertiary/aromatic N) is 3. The molecule has 1 atom stereocenters. The third kappa shape index (κ3) is 3.72. The predicted molar refractivity (Wildman–Crippen MR) is 82.7 cm³/mol. The van der Waals surface area contributed by atoms with Crippen molar-refractivity contribution in [3.8, 4) is 0 Å². The Morgan fingerprint density at radius 1 is 1.11 bits per heavy atom. The van der Waals surface area contributed by atoms with Gasteiger partial charge in [-0.1, -0.05) is 30.3 Å². The zero-order chi connectivity index (χ0) is 14.4. The molecule has 0 spiro atoms. The van der Waals surface area contributed by atoms with Crippen LogP contribution in [0.25, 0.3) is 0 Å². The van der Waals surface area contributed by atoms with E-state index in [1.807, 2.05) is 0 Å². The van der Waals surface area contributed by atoms with Crippen LogP contribution in [-0.4, -0.2) is 54.6 Å². The third-order valence-corrected chi connectivity index (χ3v) is 3.62. The van der Waals surface area contributed by atoms with Gasteiger partial charge in [-0.05, 0) is 26.3 Å². The predicted octanol–water partition coefficient (Wildman–Crippen LogP) is 2.65. The molecule has 3 heteroatoms. The summed E-state index contributed by atoms with van der Waals surface area (Å²) in [4.78, 5) is 4.74. The van der Waals surface area contributed by atoms with Crippen molar-refractivity contribution >= 4 is 5.96 Å². The number of guanidine groups is 1. The SMILES string of the molecule is CCN(CC)C(N(C)[C@@H](C)c1ccccc1)=[N+](C)C. The first-order valence-electron chi connectivity index (χ1n) is 7.09. The molecule has 0 heterocycles. The molecule has 0 saturated heterocycles. The van der Waals surface area contributed by atoms with E-state index in [1.54, 1.807) is 0 Å². The Kier molecular flexibility index (Phi) is 5.87. The van der Waals surface area contributed by atoms with Crippen LogP contribution in [0.1, 0.15) is 32.4 Å². The van der Waals surface area contributed by atoms with E-state index < -0.39 is 0 Å². The van der Waals surface area contributed by atoms with E-state index >= 15 is 0 Å². The van der Waals surface area contributed by atoms with Gasteiger partial charge < -0.3 is 0 Å². The van der Waals surface area contributed by atoms with Crippen molar-refractivity contribution in [3.63, 3.8) is 0 Å². The van der Waals surface area contributed by atoms with Crippen molar-refractivity contribution < 1.29 is 4.58 Å². The molecule has 0 amide bonds. The van der Waals surface area contributed by atoms with Gasteiger partial charge in [-0.25, -0.2) is 0 Å². The first kappa shape index (κ1) is 15.5. The summed E-state index contributed by atoms with van der Waals surface area (Å²) in [6.07, 6.45) is 0. The van der Waals surface area contributed by atoms with E-state index in [-0.39, 0.29) is 0 Å². The quantitative estimate of drug-likeness (QED) is 0.469. The second-order valence-corrected chi connectivity index (χ2v) is 5.06. The molecule has 0 aliphatic rings. The molecule has 0 bridgehead atoms. The fourth-order valence-electron chi connectivity index (χ4n) is 2.46. The first-order chi connectivity index (χ1) is 9.02. The Labute approximate surface area is 118 Å². The molecule has 0 aliphatic carbocycles. The van der Waals surface area contributed by atoms with E-state index in [0.717, 1.165) is 13.1 Å². The van der Waals surface area contributed by atoms with Crippen molar-refractivity contribution in [2.45, 2.75) is 26.8 Å². The minimum Gasteiger partial charge on any atom is -0.270 e. The van der Waals surface area contributed by atoms with Crippen molar-refractivity contribution in [2.24, 2.45) is 0 Å². The average molecular weight is 262 g/mol. The Hall–Kier alpha value is -1.51.